The highest BCUT2D eigenvalue weighted by Gasteiger charge is 2.23. The number of H-pyrrole nitrogens is 1. The van der Waals surface area contributed by atoms with Crippen LogP contribution in [-0.4, -0.2) is 28.0 Å². The Bertz CT molecular complexity index is 785. The molecule has 0 aromatic carbocycles. The first-order chi connectivity index (χ1) is 10.7. The van der Waals surface area contributed by atoms with E-state index in [0.717, 1.165) is 25.9 Å². The van der Waals surface area contributed by atoms with Gasteiger partial charge in [-0.15, -0.1) is 0 Å². The number of hydrogen-bond donors (Lipinski definition) is 3. The number of nitrogen functional groups attached to an aromatic ring is 1. The number of nitriles is 1. The lowest BCUT2D eigenvalue weighted by Gasteiger charge is -2.23. The molecule has 3 rings (SSSR count). The van der Waals surface area contributed by atoms with Crippen molar-refractivity contribution >= 4 is 5.82 Å². The van der Waals surface area contributed by atoms with Crippen molar-refractivity contribution in [3.8, 4) is 17.6 Å². The SMILES string of the molecule is N#Cc1c(N)nc(-c2cccc(=O)[nH]2)nc1C1CCCNC1. The fourth-order valence-electron chi connectivity index (χ4n) is 2.69. The van der Waals surface area contributed by atoms with Crippen molar-refractivity contribution in [3.05, 3.63) is 39.8 Å². The minimum Gasteiger partial charge on any atom is -0.382 e. The van der Waals surface area contributed by atoms with Gasteiger partial charge in [-0.05, 0) is 25.5 Å². The standard InChI is InChI=1S/C15H16N6O/c16-7-10-13(9-3-2-6-18-8-9)20-15(21-14(10)17)11-4-1-5-12(22)19-11/h1,4-5,9,18H,2-3,6,8H2,(H,19,22)(H2,17,20,21). The average molecular weight is 296 g/mol. The van der Waals surface area contributed by atoms with Crippen LogP contribution < -0.4 is 16.6 Å². The predicted octanol–water partition coefficient (Wildman–Crippen LogP) is 0.753. The summed E-state index contributed by atoms with van der Waals surface area (Å²) < 4.78 is 0. The van der Waals surface area contributed by atoms with Crippen LogP contribution in [0.15, 0.2) is 23.0 Å². The van der Waals surface area contributed by atoms with E-state index in [1.165, 1.54) is 6.07 Å². The molecule has 1 fully saturated rings. The van der Waals surface area contributed by atoms with Gasteiger partial charge in [0.1, 0.15) is 17.5 Å². The Morgan fingerprint density at radius 2 is 2.23 bits per heavy atom. The lowest BCUT2D eigenvalue weighted by atomic mass is 9.93. The Morgan fingerprint density at radius 1 is 1.36 bits per heavy atom. The zero-order valence-corrected chi connectivity index (χ0v) is 12.0. The van der Waals surface area contributed by atoms with Crippen LogP contribution in [0.3, 0.4) is 0 Å². The van der Waals surface area contributed by atoms with Crippen LogP contribution in [0.25, 0.3) is 11.5 Å². The molecule has 1 aliphatic heterocycles. The normalized spacial score (nSPS) is 17.9. The molecule has 4 N–H and O–H groups in total. The second-order valence-electron chi connectivity index (χ2n) is 5.28. The smallest absolute Gasteiger partial charge is 0.248 e. The highest BCUT2D eigenvalue weighted by Crippen LogP contribution is 2.28. The third kappa shape index (κ3) is 2.69. The van der Waals surface area contributed by atoms with Crippen molar-refractivity contribution in [2.24, 2.45) is 0 Å². The number of pyridine rings is 1. The van der Waals surface area contributed by atoms with Gasteiger partial charge in [-0.1, -0.05) is 6.07 Å². The van der Waals surface area contributed by atoms with Crippen molar-refractivity contribution in [1.29, 1.82) is 5.26 Å². The molecule has 7 nitrogen and oxygen atoms in total. The molecule has 0 bridgehead atoms. The molecule has 1 saturated heterocycles. The number of aromatic nitrogens is 3. The second kappa shape index (κ2) is 5.95. The van der Waals surface area contributed by atoms with E-state index in [4.69, 9.17) is 5.73 Å². The van der Waals surface area contributed by atoms with Gasteiger partial charge in [-0.3, -0.25) is 4.79 Å². The molecule has 112 valence electrons. The van der Waals surface area contributed by atoms with Crippen molar-refractivity contribution in [1.82, 2.24) is 20.3 Å². The summed E-state index contributed by atoms with van der Waals surface area (Å²) in [6, 6.07) is 6.87. The van der Waals surface area contributed by atoms with Crippen LogP contribution in [0.5, 0.6) is 0 Å². The Labute approximate surface area is 127 Å². The van der Waals surface area contributed by atoms with Crippen LogP contribution in [0.4, 0.5) is 5.82 Å². The second-order valence-corrected chi connectivity index (χ2v) is 5.28. The number of piperidine rings is 1. The third-order valence-electron chi connectivity index (χ3n) is 3.77. The summed E-state index contributed by atoms with van der Waals surface area (Å²) in [6.45, 7) is 1.73. The lowest BCUT2D eigenvalue weighted by Crippen LogP contribution is -2.29. The van der Waals surface area contributed by atoms with Crippen LogP contribution in [-0.2, 0) is 0 Å². The molecular formula is C15H16N6O. The monoisotopic (exact) mass is 296 g/mol. The summed E-state index contributed by atoms with van der Waals surface area (Å²) in [5.41, 5.74) is 7.18. The zero-order valence-electron chi connectivity index (χ0n) is 12.0. The number of nitrogens with two attached hydrogens (primary N) is 1. The van der Waals surface area contributed by atoms with Gasteiger partial charge in [0.2, 0.25) is 5.56 Å². The number of nitrogens with zero attached hydrogens (tertiary/aromatic N) is 3. The van der Waals surface area contributed by atoms with Crippen molar-refractivity contribution < 1.29 is 0 Å². The number of anilines is 1. The Hall–Kier alpha value is -2.72. The maximum absolute atomic E-state index is 11.5. The van der Waals surface area contributed by atoms with Gasteiger partial charge < -0.3 is 16.0 Å². The zero-order chi connectivity index (χ0) is 15.5. The van der Waals surface area contributed by atoms with Gasteiger partial charge in [0, 0.05) is 18.5 Å². The van der Waals surface area contributed by atoms with E-state index >= 15 is 0 Å². The Kier molecular flexibility index (Phi) is 3.85. The first-order valence-corrected chi connectivity index (χ1v) is 7.17. The quantitative estimate of drug-likeness (QED) is 0.752. The molecule has 3 heterocycles. The maximum atomic E-state index is 11.5. The van der Waals surface area contributed by atoms with E-state index in [1.54, 1.807) is 12.1 Å². The van der Waals surface area contributed by atoms with Crippen LogP contribution >= 0.6 is 0 Å². The minimum absolute atomic E-state index is 0.128. The Morgan fingerprint density at radius 3 is 2.91 bits per heavy atom. The van der Waals surface area contributed by atoms with E-state index < -0.39 is 0 Å². The van der Waals surface area contributed by atoms with Gasteiger partial charge in [0.25, 0.3) is 0 Å². The van der Waals surface area contributed by atoms with Gasteiger partial charge in [0.05, 0.1) is 11.4 Å². The van der Waals surface area contributed by atoms with Crippen molar-refractivity contribution in [3.63, 3.8) is 0 Å². The molecule has 2 aromatic heterocycles. The molecule has 1 unspecified atom stereocenters. The van der Waals surface area contributed by atoms with E-state index in [1.807, 2.05) is 0 Å². The number of hydrogen-bond acceptors (Lipinski definition) is 6. The van der Waals surface area contributed by atoms with Crippen LogP contribution in [0, 0.1) is 11.3 Å². The highest BCUT2D eigenvalue weighted by molar-refractivity contribution is 5.59. The number of rotatable bonds is 2. The van der Waals surface area contributed by atoms with Crippen LogP contribution in [0.1, 0.15) is 30.0 Å². The molecule has 0 radical (unpaired) electrons. The van der Waals surface area contributed by atoms with Crippen LogP contribution in [0.2, 0.25) is 0 Å². The molecule has 1 atom stereocenters. The summed E-state index contributed by atoms with van der Waals surface area (Å²) in [7, 11) is 0. The molecule has 0 aliphatic carbocycles. The van der Waals surface area contributed by atoms with E-state index in [9.17, 15) is 10.1 Å². The molecule has 22 heavy (non-hydrogen) atoms. The van der Waals surface area contributed by atoms with Gasteiger partial charge >= 0.3 is 0 Å². The summed E-state index contributed by atoms with van der Waals surface area (Å²) in [5.74, 6) is 0.621. The highest BCUT2D eigenvalue weighted by atomic mass is 16.1. The summed E-state index contributed by atoms with van der Waals surface area (Å²) >= 11 is 0. The molecule has 0 spiro atoms. The first kappa shape index (κ1) is 14.2. The first-order valence-electron chi connectivity index (χ1n) is 7.17. The molecular weight excluding hydrogens is 280 g/mol. The topological polar surface area (TPSA) is 120 Å². The fourth-order valence-corrected chi connectivity index (χ4v) is 2.69. The maximum Gasteiger partial charge on any atom is 0.248 e. The number of nitrogens with one attached hydrogen (secondary N) is 2. The van der Waals surface area contributed by atoms with Gasteiger partial charge in [0.15, 0.2) is 5.82 Å². The molecule has 0 amide bonds. The van der Waals surface area contributed by atoms with Gasteiger partial charge in [-0.25, -0.2) is 9.97 Å². The van der Waals surface area contributed by atoms with E-state index in [-0.39, 0.29) is 17.3 Å². The van der Waals surface area contributed by atoms with Gasteiger partial charge in [-0.2, -0.15) is 5.26 Å². The summed E-state index contributed by atoms with van der Waals surface area (Å²) in [4.78, 5) is 22.8. The third-order valence-corrected chi connectivity index (χ3v) is 3.77. The van der Waals surface area contributed by atoms with Crippen molar-refractivity contribution in [2.45, 2.75) is 18.8 Å². The molecule has 0 saturated carbocycles. The Balaban J connectivity index is 2.12. The minimum atomic E-state index is -0.232. The number of aromatic amines is 1. The lowest BCUT2D eigenvalue weighted by molar-refractivity contribution is 0.454. The van der Waals surface area contributed by atoms with Crippen molar-refractivity contribution in [2.75, 3.05) is 18.8 Å². The molecule has 2 aromatic rings. The summed E-state index contributed by atoms with van der Waals surface area (Å²) in [6.07, 6.45) is 1.97. The fraction of sp³-hybridized carbons (Fsp3) is 0.333. The summed E-state index contributed by atoms with van der Waals surface area (Å²) in [5, 5.41) is 12.7. The average Bonchev–Trinajstić information content (AvgIpc) is 2.55. The molecule has 1 aliphatic rings. The predicted molar refractivity (Wildman–Crippen MR) is 82.1 cm³/mol. The largest absolute Gasteiger partial charge is 0.382 e. The molecule has 7 heteroatoms. The van der Waals surface area contributed by atoms with E-state index in [0.29, 0.717) is 22.8 Å². The van der Waals surface area contributed by atoms with E-state index in [2.05, 4.69) is 26.3 Å².